The number of likely N-dealkylation sites (tertiary alicyclic amines) is 1. The lowest BCUT2D eigenvalue weighted by Gasteiger charge is -2.16. The molecule has 1 saturated heterocycles. The van der Waals surface area contributed by atoms with Gasteiger partial charge in [0.05, 0.1) is 11.7 Å². The normalized spacial score (nSPS) is 18.8. The number of urea groups is 1. The van der Waals surface area contributed by atoms with E-state index in [-0.39, 0.29) is 12.1 Å². The molecule has 2 aromatic heterocycles. The number of aromatic nitrogens is 3. The van der Waals surface area contributed by atoms with E-state index in [1.54, 1.807) is 17.2 Å². The van der Waals surface area contributed by atoms with Crippen LogP contribution in [0.5, 0.6) is 0 Å². The van der Waals surface area contributed by atoms with Gasteiger partial charge in [0.25, 0.3) is 0 Å². The first-order chi connectivity index (χ1) is 9.22. The Hall–Kier alpha value is -2.31. The standard InChI is InChI=1S/C12H15N5O2/c1-9-7-11(19-15-9)14-12(18)16-6-3-10(8-16)17-5-2-4-13-17/h2,4-5,7,10H,3,6,8H2,1H3,(H,14,18). The molecular weight excluding hydrogens is 246 g/mol. The van der Waals surface area contributed by atoms with Gasteiger partial charge in [-0.1, -0.05) is 5.16 Å². The molecule has 0 aliphatic carbocycles. The summed E-state index contributed by atoms with van der Waals surface area (Å²) >= 11 is 0. The fourth-order valence-corrected chi connectivity index (χ4v) is 2.25. The number of nitrogens with zero attached hydrogens (tertiary/aromatic N) is 4. The van der Waals surface area contributed by atoms with Crippen LogP contribution in [0, 0.1) is 6.92 Å². The lowest BCUT2D eigenvalue weighted by molar-refractivity contribution is 0.219. The molecule has 0 radical (unpaired) electrons. The molecular formula is C12H15N5O2. The number of rotatable bonds is 2. The van der Waals surface area contributed by atoms with Crippen LogP contribution in [0.15, 0.2) is 29.0 Å². The second-order valence-electron chi connectivity index (χ2n) is 4.64. The minimum absolute atomic E-state index is 0.161. The summed E-state index contributed by atoms with van der Waals surface area (Å²) in [5.41, 5.74) is 0.742. The predicted molar refractivity (Wildman–Crippen MR) is 67.7 cm³/mol. The number of carbonyl (C=O) groups excluding carboxylic acids is 1. The molecule has 3 rings (SSSR count). The molecule has 7 heteroatoms. The van der Waals surface area contributed by atoms with Crippen LogP contribution in [0.4, 0.5) is 10.7 Å². The number of carbonyl (C=O) groups is 1. The fraction of sp³-hybridized carbons (Fsp3) is 0.417. The Bertz CT molecular complexity index is 562. The summed E-state index contributed by atoms with van der Waals surface area (Å²) in [5, 5.41) is 10.6. The molecule has 3 heterocycles. The van der Waals surface area contributed by atoms with Crippen LogP contribution >= 0.6 is 0 Å². The van der Waals surface area contributed by atoms with Crippen LogP contribution in [-0.4, -0.2) is 39.0 Å². The maximum absolute atomic E-state index is 12.0. The topological polar surface area (TPSA) is 76.2 Å². The Morgan fingerprint density at radius 1 is 1.58 bits per heavy atom. The van der Waals surface area contributed by atoms with E-state index in [9.17, 15) is 4.79 Å². The zero-order valence-electron chi connectivity index (χ0n) is 10.6. The highest BCUT2D eigenvalue weighted by molar-refractivity contribution is 5.88. The average molecular weight is 261 g/mol. The minimum Gasteiger partial charge on any atom is -0.338 e. The molecule has 1 unspecified atom stereocenters. The van der Waals surface area contributed by atoms with Crippen LogP contribution in [0.25, 0.3) is 0 Å². The summed E-state index contributed by atoms with van der Waals surface area (Å²) in [7, 11) is 0. The Morgan fingerprint density at radius 2 is 2.47 bits per heavy atom. The first kappa shape index (κ1) is 11.8. The maximum atomic E-state index is 12.0. The van der Waals surface area contributed by atoms with Gasteiger partial charge in [-0.3, -0.25) is 10.00 Å². The lowest BCUT2D eigenvalue weighted by Crippen LogP contribution is -2.33. The van der Waals surface area contributed by atoms with Gasteiger partial charge in [0.1, 0.15) is 0 Å². The van der Waals surface area contributed by atoms with Gasteiger partial charge in [-0.2, -0.15) is 5.10 Å². The quantitative estimate of drug-likeness (QED) is 0.892. The van der Waals surface area contributed by atoms with E-state index in [4.69, 9.17) is 4.52 Å². The van der Waals surface area contributed by atoms with Gasteiger partial charge in [0.15, 0.2) is 0 Å². The van der Waals surface area contributed by atoms with Crippen LogP contribution in [0.3, 0.4) is 0 Å². The van der Waals surface area contributed by atoms with Gasteiger partial charge in [-0.15, -0.1) is 0 Å². The highest BCUT2D eigenvalue weighted by Gasteiger charge is 2.28. The van der Waals surface area contributed by atoms with E-state index < -0.39 is 0 Å². The molecule has 1 N–H and O–H groups in total. The lowest BCUT2D eigenvalue weighted by atomic mass is 10.3. The van der Waals surface area contributed by atoms with Crippen LogP contribution < -0.4 is 5.32 Å². The second-order valence-corrected chi connectivity index (χ2v) is 4.64. The number of aryl methyl sites for hydroxylation is 1. The first-order valence-corrected chi connectivity index (χ1v) is 6.21. The Morgan fingerprint density at radius 3 is 3.16 bits per heavy atom. The third-order valence-corrected chi connectivity index (χ3v) is 3.21. The van der Waals surface area contributed by atoms with Gasteiger partial charge in [0.2, 0.25) is 5.88 Å². The van der Waals surface area contributed by atoms with Gasteiger partial charge >= 0.3 is 6.03 Å². The van der Waals surface area contributed by atoms with Crippen molar-refractivity contribution in [2.24, 2.45) is 0 Å². The van der Waals surface area contributed by atoms with Crippen molar-refractivity contribution in [1.82, 2.24) is 19.8 Å². The third kappa shape index (κ3) is 2.44. The number of anilines is 1. The largest absolute Gasteiger partial charge is 0.338 e. The molecule has 1 fully saturated rings. The Kier molecular flexibility index (Phi) is 2.94. The molecule has 1 atom stereocenters. The van der Waals surface area contributed by atoms with Gasteiger partial charge in [-0.25, -0.2) is 4.79 Å². The van der Waals surface area contributed by atoms with Crippen molar-refractivity contribution in [3.63, 3.8) is 0 Å². The van der Waals surface area contributed by atoms with Crippen LogP contribution in [0.2, 0.25) is 0 Å². The van der Waals surface area contributed by atoms with Crippen molar-refractivity contribution in [3.05, 3.63) is 30.2 Å². The van der Waals surface area contributed by atoms with Crippen molar-refractivity contribution in [1.29, 1.82) is 0 Å². The monoisotopic (exact) mass is 261 g/mol. The van der Waals surface area contributed by atoms with Crippen LogP contribution in [0.1, 0.15) is 18.2 Å². The molecule has 0 saturated carbocycles. The van der Waals surface area contributed by atoms with E-state index in [2.05, 4.69) is 15.6 Å². The molecule has 1 aliphatic heterocycles. The molecule has 0 aromatic carbocycles. The Labute approximate surface area is 110 Å². The van der Waals surface area contributed by atoms with Gasteiger partial charge in [-0.05, 0) is 19.4 Å². The SMILES string of the molecule is Cc1cc(NC(=O)N2CCC(n3cccn3)C2)on1. The number of hydrogen-bond acceptors (Lipinski definition) is 4. The van der Waals surface area contributed by atoms with E-state index >= 15 is 0 Å². The molecule has 2 aromatic rings. The van der Waals surface area contributed by atoms with Gasteiger partial charge < -0.3 is 9.42 Å². The Balaban J connectivity index is 1.60. The molecule has 100 valence electrons. The van der Waals surface area contributed by atoms with Crippen molar-refractivity contribution >= 4 is 11.9 Å². The van der Waals surface area contributed by atoms with E-state index in [1.165, 1.54) is 0 Å². The van der Waals surface area contributed by atoms with E-state index in [0.29, 0.717) is 19.0 Å². The summed E-state index contributed by atoms with van der Waals surface area (Å²) < 4.78 is 6.86. The zero-order valence-corrected chi connectivity index (χ0v) is 10.6. The average Bonchev–Trinajstić information content (AvgIpc) is 3.08. The number of nitrogens with one attached hydrogen (secondary N) is 1. The molecule has 7 nitrogen and oxygen atoms in total. The summed E-state index contributed by atoms with van der Waals surface area (Å²) in [4.78, 5) is 13.8. The molecule has 2 amide bonds. The predicted octanol–water partition coefficient (Wildman–Crippen LogP) is 1.66. The number of hydrogen-bond donors (Lipinski definition) is 1. The van der Waals surface area contributed by atoms with E-state index in [1.807, 2.05) is 23.9 Å². The molecule has 1 aliphatic rings. The highest BCUT2D eigenvalue weighted by atomic mass is 16.5. The smallest absolute Gasteiger partial charge is 0.324 e. The zero-order chi connectivity index (χ0) is 13.2. The third-order valence-electron chi connectivity index (χ3n) is 3.21. The molecule has 0 bridgehead atoms. The van der Waals surface area contributed by atoms with E-state index in [0.717, 1.165) is 12.1 Å². The maximum Gasteiger partial charge on any atom is 0.324 e. The van der Waals surface area contributed by atoms with Crippen molar-refractivity contribution < 1.29 is 9.32 Å². The van der Waals surface area contributed by atoms with Crippen molar-refractivity contribution in [2.75, 3.05) is 18.4 Å². The van der Waals surface area contributed by atoms with Gasteiger partial charge in [0, 0.05) is 31.5 Å². The van der Waals surface area contributed by atoms with Crippen LogP contribution in [-0.2, 0) is 0 Å². The summed E-state index contributed by atoms with van der Waals surface area (Å²) in [6.07, 6.45) is 4.58. The summed E-state index contributed by atoms with van der Waals surface area (Å²) in [5.74, 6) is 0.380. The molecule has 0 spiro atoms. The summed E-state index contributed by atoms with van der Waals surface area (Å²) in [6.45, 7) is 3.17. The first-order valence-electron chi connectivity index (χ1n) is 6.21. The summed E-state index contributed by atoms with van der Waals surface area (Å²) in [6, 6.07) is 3.67. The minimum atomic E-state index is -0.161. The second kappa shape index (κ2) is 4.75. The highest BCUT2D eigenvalue weighted by Crippen LogP contribution is 2.21. The van der Waals surface area contributed by atoms with Crippen molar-refractivity contribution in [3.8, 4) is 0 Å². The molecule has 19 heavy (non-hydrogen) atoms. The number of amides is 2. The van der Waals surface area contributed by atoms with Crippen molar-refractivity contribution in [2.45, 2.75) is 19.4 Å². The fourth-order valence-electron chi connectivity index (χ4n) is 2.25.